The van der Waals surface area contributed by atoms with Crippen LogP contribution in [0.3, 0.4) is 0 Å². The normalized spacial score (nSPS) is 10.1. The average molecular weight is 328 g/mol. The molecule has 0 saturated heterocycles. The maximum atomic E-state index is 12.0. The molecule has 2 aromatic rings. The molecule has 23 heavy (non-hydrogen) atoms. The maximum absolute atomic E-state index is 12.0. The van der Waals surface area contributed by atoms with Crippen molar-refractivity contribution in [2.75, 3.05) is 16.8 Å². The van der Waals surface area contributed by atoms with Crippen LogP contribution < -0.4 is 16.0 Å². The van der Waals surface area contributed by atoms with Gasteiger partial charge in [-0.15, -0.1) is 0 Å². The zero-order chi connectivity index (χ0) is 16.7. The standard InChI is InChI=1S/C16H17N5OS/c1-2-11-5-3-4-6-13(11)20-14(22)7-8-23-16-19-10-12(9-17)15(18)21-16/h3-6,10H,2,7-8H2,1H3,(H,20,22)(H2,18,19,21)/p+1. The number of benzene rings is 1. The van der Waals surface area contributed by atoms with E-state index in [1.54, 1.807) is 0 Å². The second kappa shape index (κ2) is 8.15. The minimum Gasteiger partial charge on any atom is -0.362 e. The summed E-state index contributed by atoms with van der Waals surface area (Å²) in [5.74, 6) is 0.713. The molecule has 6 nitrogen and oxygen atoms in total. The first-order valence-corrected chi connectivity index (χ1v) is 8.21. The number of thioether (sulfide) groups is 1. The number of H-pyrrole nitrogens is 1. The van der Waals surface area contributed by atoms with Gasteiger partial charge in [-0.1, -0.05) is 25.1 Å². The Hall–Kier alpha value is -2.59. The van der Waals surface area contributed by atoms with E-state index in [-0.39, 0.29) is 11.7 Å². The Bertz CT molecular complexity index is 741. The van der Waals surface area contributed by atoms with E-state index in [0.717, 1.165) is 17.7 Å². The van der Waals surface area contributed by atoms with E-state index in [2.05, 4.69) is 22.2 Å². The number of carbonyl (C=O) groups is 1. The lowest BCUT2D eigenvalue weighted by Crippen LogP contribution is -2.15. The number of aromatic amines is 1. The van der Waals surface area contributed by atoms with Crippen LogP contribution >= 0.6 is 11.8 Å². The van der Waals surface area contributed by atoms with Crippen LogP contribution in [0.5, 0.6) is 0 Å². The van der Waals surface area contributed by atoms with Gasteiger partial charge < -0.3 is 11.1 Å². The van der Waals surface area contributed by atoms with E-state index in [1.807, 2.05) is 30.3 Å². The summed E-state index contributed by atoms with van der Waals surface area (Å²) in [6.45, 7) is 2.05. The van der Waals surface area contributed by atoms with E-state index in [0.29, 0.717) is 22.9 Å². The number of hydrogen-bond acceptors (Lipinski definition) is 5. The molecule has 7 heteroatoms. The van der Waals surface area contributed by atoms with E-state index in [1.165, 1.54) is 18.0 Å². The molecule has 0 aliphatic rings. The molecule has 4 N–H and O–H groups in total. The Labute approximate surface area is 139 Å². The number of anilines is 2. The van der Waals surface area contributed by atoms with E-state index in [9.17, 15) is 4.79 Å². The molecule has 0 aliphatic heterocycles. The lowest BCUT2D eigenvalue weighted by Gasteiger charge is -2.08. The van der Waals surface area contributed by atoms with Gasteiger partial charge in [-0.05, 0) is 34.8 Å². The number of nitrogens with one attached hydrogen (secondary N) is 2. The minimum atomic E-state index is -0.0417. The number of hydrogen-bond donors (Lipinski definition) is 2. The van der Waals surface area contributed by atoms with Crippen molar-refractivity contribution in [3.63, 3.8) is 0 Å². The molecular formula is C16H18N5OS+. The molecule has 1 amide bonds. The number of nitrogen functional groups attached to an aromatic ring is 1. The quantitative estimate of drug-likeness (QED) is 0.623. The topological polar surface area (TPSA) is 106 Å². The van der Waals surface area contributed by atoms with Gasteiger partial charge >= 0.3 is 5.16 Å². The first-order chi connectivity index (χ1) is 11.1. The maximum Gasteiger partial charge on any atom is 0.359 e. The highest BCUT2D eigenvalue weighted by Gasteiger charge is 2.13. The Balaban J connectivity index is 1.85. The van der Waals surface area contributed by atoms with E-state index in [4.69, 9.17) is 11.0 Å². The fourth-order valence-corrected chi connectivity index (χ4v) is 2.76. The second-order valence-electron chi connectivity index (χ2n) is 4.77. The third kappa shape index (κ3) is 4.69. The van der Waals surface area contributed by atoms with Crippen LogP contribution in [-0.4, -0.2) is 16.6 Å². The Morgan fingerprint density at radius 2 is 2.26 bits per heavy atom. The lowest BCUT2D eigenvalue weighted by molar-refractivity contribution is -0.433. The summed E-state index contributed by atoms with van der Waals surface area (Å²) in [5.41, 5.74) is 7.93. The number of carbonyl (C=O) groups excluding carboxylic acids is 1. The predicted octanol–water partition coefficient (Wildman–Crippen LogP) is 2.03. The summed E-state index contributed by atoms with van der Waals surface area (Å²) >= 11 is 1.39. The summed E-state index contributed by atoms with van der Waals surface area (Å²) in [7, 11) is 0. The molecule has 0 aliphatic carbocycles. The van der Waals surface area contributed by atoms with Gasteiger partial charge in [0.1, 0.15) is 12.3 Å². The second-order valence-corrected chi connectivity index (χ2v) is 5.86. The van der Waals surface area contributed by atoms with Gasteiger partial charge in [-0.2, -0.15) is 5.26 Å². The van der Waals surface area contributed by atoms with Crippen molar-refractivity contribution < 1.29 is 9.78 Å². The van der Waals surface area contributed by atoms with Crippen LogP contribution in [-0.2, 0) is 11.2 Å². The van der Waals surface area contributed by atoms with Crippen molar-refractivity contribution in [2.24, 2.45) is 0 Å². The molecule has 0 saturated carbocycles. The summed E-state index contributed by atoms with van der Waals surface area (Å²) in [4.78, 5) is 19.0. The number of aryl methyl sites for hydroxylation is 1. The Kier molecular flexibility index (Phi) is 5.94. The number of nitriles is 1. The molecule has 0 unspecified atom stereocenters. The van der Waals surface area contributed by atoms with Crippen LogP contribution in [0.2, 0.25) is 0 Å². The fraction of sp³-hybridized carbons (Fsp3) is 0.250. The fourth-order valence-electron chi connectivity index (χ4n) is 1.98. The summed E-state index contributed by atoms with van der Waals surface area (Å²) < 4.78 is 0. The first kappa shape index (κ1) is 16.8. The molecule has 1 heterocycles. The zero-order valence-electron chi connectivity index (χ0n) is 12.8. The van der Waals surface area contributed by atoms with Gasteiger partial charge in [0.25, 0.3) is 5.82 Å². The third-order valence-corrected chi connectivity index (χ3v) is 4.09. The van der Waals surface area contributed by atoms with Crippen LogP contribution in [0.1, 0.15) is 24.5 Å². The van der Waals surface area contributed by atoms with Gasteiger partial charge in [0.15, 0.2) is 5.56 Å². The zero-order valence-corrected chi connectivity index (χ0v) is 13.6. The minimum absolute atomic E-state index is 0.0417. The summed E-state index contributed by atoms with van der Waals surface area (Å²) in [6.07, 6.45) is 2.75. The monoisotopic (exact) mass is 328 g/mol. The SMILES string of the molecule is CCc1ccccc1NC(=O)CCSc1nc(N)c(C#N)c[nH+]1. The van der Waals surface area contributed by atoms with E-state index < -0.39 is 0 Å². The van der Waals surface area contributed by atoms with Crippen molar-refractivity contribution in [1.82, 2.24) is 4.98 Å². The number of para-hydroxylation sites is 1. The van der Waals surface area contributed by atoms with Crippen molar-refractivity contribution in [3.05, 3.63) is 41.6 Å². The van der Waals surface area contributed by atoms with Gasteiger partial charge in [0, 0.05) is 17.9 Å². The van der Waals surface area contributed by atoms with Gasteiger partial charge in [-0.25, -0.2) is 4.98 Å². The van der Waals surface area contributed by atoms with Gasteiger partial charge in [-0.3, -0.25) is 4.79 Å². The summed E-state index contributed by atoms with van der Waals surface area (Å²) in [5, 5.41) is 12.3. The van der Waals surface area contributed by atoms with Crippen molar-refractivity contribution in [2.45, 2.75) is 24.9 Å². The van der Waals surface area contributed by atoms with Crippen molar-refractivity contribution in [1.29, 1.82) is 5.26 Å². The molecular weight excluding hydrogens is 310 g/mol. The molecule has 1 aromatic carbocycles. The Morgan fingerprint density at radius 1 is 1.48 bits per heavy atom. The van der Waals surface area contributed by atoms with Crippen molar-refractivity contribution in [3.8, 4) is 6.07 Å². The molecule has 0 fully saturated rings. The number of nitrogens with two attached hydrogens (primary N) is 1. The van der Waals surface area contributed by atoms with Crippen LogP contribution in [0.4, 0.5) is 11.5 Å². The predicted molar refractivity (Wildman–Crippen MR) is 89.7 cm³/mol. The lowest BCUT2D eigenvalue weighted by atomic mass is 10.1. The number of amides is 1. The van der Waals surface area contributed by atoms with Crippen molar-refractivity contribution >= 4 is 29.2 Å². The van der Waals surface area contributed by atoms with E-state index >= 15 is 0 Å². The molecule has 118 valence electrons. The first-order valence-electron chi connectivity index (χ1n) is 7.23. The van der Waals surface area contributed by atoms with Crippen LogP contribution in [0, 0.1) is 11.3 Å². The van der Waals surface area contributed by atoms with Crippen LogP contribution in [0.25, 0.3) is 0 Å². The molecule has 0 atom stereocenters. The number of aromatic nitrogens is 2. The summed E-state index contributed by atoms with van der Waals surface area (Å²) in [6, 6.07) is 9.71. The highest BCUT2D eigenvalue weighted by molar-refractivity contribution is 7.99. The van der Waals surface area contributed by atoms with Crippen LogP contribution in [0.15, 0.2) is 35.6 Å². The average Bonchev–Trinajstić information content (AvgIpc) is 2.55. The largest absolute Gasteiger partial charge is 0.362 e. The molecule has 0 radical (unpaired) electrons. The highest BCUT2D eigenvalue weighted by Crippen LogP contribution is 2.17. The number of rotatable bonds is 6. The molecule has 0 spiro atoms. The highest BCUT2D eigenvalue weighted by atomic mass is 32.2. The molecule has 1 aromatic heterocycles. The smallest absolute Gasteiger partial charge is 0.359 e. The Morgan fingerprint density at radius 3 is 2.96 bits per heavy atom. The van der Waals surface area contributed by atoms with Gasteiger partial charge in [0.2, 0.25) is 5.91 Å². The molecule has 2 rings (SSSR count). The number of nitrogens with zero attached hydrogens (tertiary/aromatic N) is 2. The third-order valence-electron chi connectivity index (χ3n) is 3.20. The molecule has 0 bridgehead atoms. The van der Waals surface area contributed by atoms with Gasteiger partial charge in [0.05, 0.1) is 0 Å².